The Bertz CT molecular complexity index is 503. The number of carbonyl (C=O) groups is 1. The van der Waals surface area contributed by atoms with Crippen LogP contribution in [0.5, 0.6) is 0 Å². The summed E-state index contributed by atoms with van der Waals surface area (Å²) in [6, 6.07) is 6.00. The molecule has 80 valence electrons. The quantitative estimate of drug-likeness (QED) is 0.763. The molecule has 1 aromatic carbocycles. The van der Waals surface area contributed by atoms with Crippen LogP contribution in [0.15, 0.2) is 29.2 Å². The Morgan fingerprint density at radius 3 is 2.47 bits per heavy atom. The molecule has 0 heterocycles. The van der Waals surface area contributed by atoms with Gasteiger partial charge in [0.15, 0.2) is 9.84 Å². The average Bonchev–Trinajstić information content (AvgIpc) is 2.98. The molecule has 1 fully saturated rings. The van der Waals surface area contributed by atoms with Crippen LogP contribution in [0, 0.1) is 0 Å². The van der Waals surface area contributed by atoms with Gasteiger partial charge in [-0.1, -0.05) is 17.7 Å². The van der Waals surface area contributed by atoms with Crippen LogP contribution in [0.4, 0.5) is 0 Å². The molecule has 3 nitrogen and oxygen atoms in total. The van der Waals surface area contributed by atoms with Crippen LogP contribution < -0.4 is 0 Å². The van der Waals surface area contributed by atoms with Gasteiger partial charge in [0.1, 0.15) is 11.0 Å². The second kappa shape index (κ2) is 3.32. The normalized spacial score (nSPS) is 18.5. The summed E-state index contributed by atoms with van der Waals surface area (Å²) in [4.78, 5) is 10.9. The SMILES string of the molecule is O=CC1(S(=O)(=O)c2cccc(Cl)c2)CC1. The molecule has 1 aromatic rings. The van der Waals surface area contributed by atoms with Crippen molar-refractivity contribution < 1.29 is 13.2 Å². The van der Waals surface area contributed by atoms with E-state index in [1.165, 1.54) is 12.1 Å². The van der Waals surface area contributed by atoms with Crippen molar-refractivity contribution in [2.24, 2.45) is 0 Å². The van der Waals surface area contributed by atoms with Gasteiger partial charge in [-0.15, -0.1) is 0 Å². The first-order valence-corrected chi connectivity index (χ1v) is 6.34. The van der Waals surface area contributed by atoms with Gasteiger partial charge in [-0.3, -0.25) is 0 Å². The molecule has 2 rings (SSSR count). The Morgan fingerprint density at radius 2 is 2.00 bits per heavy atom. The van der Waals surface area contributed by atoms with Crippen molar-refractivity contribution in [1.82, 2.24) is 0 Å². The Kier molecular flexibility index (Phi) is 2.35. The van der Waals surface area contributed by atoms with Crippen molar-refractivity contribution in [3.63, 3.8) is 0 Å². The molecule has 0 amide bonds. The standard InChI is InChI=1S/C10H9ClO3S/c11-8-2-1-3-9(6-8)15(13,14)10(7-12)4-5-10/h1-3,6-7H,4-5H2. The summed E-state index contributed by atoms with van der Waals surface area (Å²) >= 11 is 5.71. The van der Waals surface area contributed by atoms with E-state index in [0.717, 1.165) is 0 Å². The van der Waals surface area contributed by atoms with Gasteiger partial charge in [-0.05, 0) is 31.0 Å². The number of halogens is 1. The summed E-state index contributed by atoms with van der Waals surface area (Å²) in [7, 11) is -3.55. The Morgan fingerprint density at radius 1 is 1.33 bits per heavy atom. The lowest BCUT2D eigenvalue weighted by Crippen LogP contribution is -2.24. The first-order chi connectivity index (χ1) is 7.02. The third-order valence-electron chi connectivity index (χ3n) is 2.60. The van der Waals surface area contributed by atoms with E-state index in [2.05, 4.69) is 0 Å². The Labute approximate surface area is 93.0 Å². The highest BCUT2D eigenvalue weighted by Crippen LogP contribution is 2.45. The zero-order valence-electron chi connectivity index (χ0n) is 7.81. The highest BCUT2D eigenvalue weighted by Gasteiger charge is 2.55. The molecule has 0 aromatic heterocycles. The number of sulfone groups is 1. The summed E-state index contributed by atoms with van der Waals surface area (Å²) in [5.74, 6) is 0. The maximum atomic E-state index is 12.0. The van der Waals surface area contributed by atoms with Crippen LogP contribution >= 0.6 is 11.6 Å². The van der Waals surface area contributed by atoms with E-state index >= 15 is 0 Å². The summed E-state index contributed by atoms with van der Waals surface area (Å²) in [6.07, 6.45) is 1.35. The lowest BCUT2D eigenvalue weighted by atomic mass is 10.4. The minimum Gasteiger partial charge on any atom is -0.302 e. The molecule has 0 bridgehead atoms. The van der Waals surface area contributed by atoms with E-state index < -0.39 is 14.6 Å². The average molecular weight is 245 g/mol. The zero-order valence-corrected chi connectivity index (χ0v) is 9.38. The molecule has 0 atom stereocenters. The van der Waals surface area contributed by atoms with Crippen molar-refractivity contribution in [2.75, 3.05) is 0 Å². The second-order valence-corrected chi connectivity index (χ2v) is 6.37. The molecule has 0 unspecified atom stereocenters. The highest BCUT2D eigenvalue weighted by atomic mass is 35.5. The fourth-order valence-corrected chi connectivity index (χ4v) is 3.47. The van der Waals surface area contributed by atoms with Crippen molar-refractivity contribution in [1.29, 1.82) is 0 Å². The van der Waals surface area contributed by atoms with E-state index in [1.807, 2.05) is 0 Å². The molecule has 1 aliphatic carbocycles. The second-order valence-electron chi connectivity index (χ2n) is 3.64. The number of rotatable bonds is 3. The van der Waals surface area contributed by atoms with Gasteiger partial charge in [-0.25, -0.2) is 8.42 Å². The van der Waals surface area contributed by atoms with Crippen LogP contribution in [0.3, 0.4) is 0 Å². The number of benzene rings is 1. The summed E-state index contributed by atoms with van der Waals surface area (Å²) in [5, 5.41) is 0.359. The smallest absolute Gasteiger partial charge is 0.190 e. The van der Waals surface area contributed by atoms with E-state index in [0.29, 0.717) is 24.2 Å². The molecule has 5 heteroatoms. The van der Waals surface area contributed by atoms with Crippen molar-refractivity contribution in [2.45, 2.75) is 22.5 Å². The molecule has 0 aliphatic heterocycles. The van der Waals surface area contributed by atoms with E-state index in [9.17, 15) is 13.2 Å². The molecule has 0 radical (unpaired) electrons. The molecule has 0 saturated heterocycles. The number of carbonyl (C=O) groups excluding carboxylic acids is 1. The van der Waals surface area contributed by atoms with Crippen LogP contribution in [0.2, 0.25) is 5.02 Å². The Hall–Kier alpha value is -0.870. The molecule has 1 saturated carbocycles. The molecular formula is C10H9ClO3S. The van der Waals surface area contributed by atoms with Gasteiger partial charge in [-0.2, -0.15) is 0 Å². The molecule has 0 N–H and O–H groups in total. The number of aldehydes is 1. The van der Waals surface area contributed by atoms with Crippen molar-refractivity contribution in [3.8, 4) is 0 Å². The van der Waals surface area contributed by atoms with E-state index in [4.69, 9.17) is 11.6 Å². The van der Waals surface area contributed by atoms with E-state index in [1.54, 1.807) is 12.1 Å². The van der Waals surface area contributed by atoms with Crippen molar-refractivity contribution >= 4 is 27.7 Å². The number of hydrogen-bond donors (Lipinski definition) is 0. The third-order valence-corrected chi connectivity index (χ3v) is 5.28. The summed E-state index contributed by atoms with van der Waals surface area (Å²) in [5.41, 5.74) is 0. The molecular weight excluding hydrogens is 236 g/mol. The summed E-state index contributed by atoms with van der Waals surface area (Å²) < 4.78 is 22.8. The van der Waals surface area contributed by atoms with Crippen LogP contribution in [0.25, 0.3) is 0 Å². The lowest BCUT2D eigenvalue weighted by molar-refractivity contribution is -0.108. The van der Waals surface area contributed by atoms with Crippen LogP contribution in [-0.2, 0) is 14.6 Å². The maximum absolute atomic E-state index is 12.0. The third kappa shape index (κ3) is 1.58. The maximum Gasteiger partial charge on any atom is 0.190 e. The van der Waals surface area contributed by atoms with Crippen LogP contribution in [0.1, 0.15) is 12.8 Å². The van der Waals surface area contributed by atoms with Crippen molar-refractivity contribution in [3.05, 3.63) is 29.3 Å². The van der Waals surface area contributed by atoms with Gasteiger partial charge >= 0.3 is 0 Å². The molecule has 15 heavy (non-hydrogen) atoms. The van der Waals surface area contributed by atoms with Crippen LogP contribution in [-0.4, -0.2) is 19.5 Å². The predicted octanol–water partition coefficient (Wildman–Crippen LogP) is 1.85. The van der Waals surface area contributed by atoms with Gasteiger partial charge in [0.05, 0.1) is 4.90 Å². The highest BCUT2D eigenvalue weighted by molar-refractivity contribution is 7.93. The zero-order chi connectivity index (χ0) is 11.1. The molecule has 1 aliphatic rings. The topological polar surface area (TPSA) is 51.2 Å². The Balaban J connectivity index is 2.52. The lowest BCUT2D eigenvalue weighted by Gasteiger charge is -2.09. The minimum atomic E-state index is -3.55. The summed E-state index contributed by atoms with van der Waals surface area (Å²) in [6.45, 7) is 0. The van der Waals surface area contributed by atoms with Gasteiger partial charge in [0.2, 0.25) is 0 Å². The fraction of sp³-hybridized carbons (Fsp3) is 0.300. The number of hydrogen-bond acceptors (Lipinski definition) is 3. The largest absolute Gasteiger partial charge is 0.302 e. The van der Waals surface area contributed by atoms with E-state index in [-0.39, 0.29) is 4.90 Å². The first kappa shape index (κ1) is 10.6. The fourth-order valence-electron chi connectivity index (χ4n) is 1.44. The monoisotopic (exact) mass is 244 g/mol. The predicted molar refractivity (Wildman–Crippen MR) is 56.7 cm³/mol. The minimum absolute atomic E-state index is 0.125. The van der Waals surface area contributed by atoms with Gasteiger partial charge < -0.3 is 4.79 Å². The molecule has 0 spiro atoms. The van der Waals surface area contributed by atoms with Gasteiger partial charge in [0.25, 0.3) is 0 Å². The van der Waals surface area contributed by atoms with Gasteiger partial charge in [0, 0.05) is 5.02 Å². The first-order valence-electron chi connectivity index (χ1n) is 4.48.